The Morgan fingerprint density at radius 1 is 1.25 bits per heavy atom. The van der Waals surface area contributed by atoms with Crippen LogP contribution in [0.25, 0.3) is 11.4 Å². The number of methoxy groups -OCH3 is 1. The fourth-order valence-electron chi connectivity index (χ4n) is 5.68. The van der Waals surface area contributed by atoms with E-state index in [4.69, 9.17) is 4.74 Å². The maximum atomic E-state index is 12.0. The summed E-state index contributed by atoms with van der Waals surface area (Å²) in [7, 11) is 1.61. The highest BCUT2D eigenvalue weighted by molar-refractivity contribution is 5.56. The van der Waals surface area contributed by atoms with Crippen molar-refractivity contribution in [2.45, 2.75) is 59.2 Å². The number of aromatic nitrogens is 2. The van der Waals surface area contributed by atoms with Crippen LogP contribution < -0.4 is 5.56 Å². The van der Waals surface area contributed by atoms with Crippen LogP contribution in [-0.4, -0.2) is 34.6 Å². The van der Waals surface area contributed by atoms with Gasteiger partial charge in [0.15, 0.2) is 0 Å². The highest BCUT2D eigenvalue weighted by Crippen LogP contribution is 2.52. The lowest BCUT2D eigenvalue weighted by Crippen LogP contribution is -2.34. The smallest absolute Gasteiger partial charge is 0.251 e. The molecule has 0 amide bonds. The minimum Gasteiger partial charge on any atom is -0.378 e. The molecule has 0 radical (unpaired) electrons. The van der Waals surface area contributed by atoms with E-state index in [1.165, 1.54) is 37.4 Å². The van der Waals surface area contributed by atoms with Crippen LogP contribution in [0.15, 0.2) is 35.1 Å². The number of H-pyrrole nitrogens is 1. The third-order valence-corrected chi connectivity index (χ3v) is 6.20. The molecule has 150 valence electrons. The van der Waals surface area contributed by atoms with Crippen molar-refractivity contribution in [3.8, 4) is 11.4 Å². The Hall–Kier alpha value is -1.98. The molecule has 2 bridgehead atoms. The Bertz CT molecular complexity index is 920. The van der Waals surface area contributed by atoms with Gasteiger partial charge in [-0.25, -0.2) is 4.98 Å². The molecule has 1 saturated heterocycles. The molecule has 1 aliphatic carbocycles. The van der Waals surface area contributed by atoms with E-state index in [0.717, 1.165) is 12.1 Å². The molecule has 2 atom stereocenters. The summed E-state index contributed by atoms with van der Waals surface area (Å²) in [5.74, 6) is 0.606. The topological polar surface area (TPSA) is 58.2 Å². The molecule has 1 aromatic carbocycles. The van der Waals surface area contributed by atoms with E-state index in [0.29, 0.717) is 35.0 Å². The molecule has 1 saturated carbocycles. The standard InChI is InChI=1S/C23H31N3O2/c1-22(2)10-19-11-23(3,14-22)15-26(19)12-16-6-5-7-17(8-16)21-24-18(13-28-4)9-20(27)25-21/h5-9,19H,10-15H2,1-4H3,(H,24,25,27)/t19-,23-/m1/s1. The van der Waals surface area contributed by atoms with Gasteiger partial charge in [-0.2, -0.15) is 0 Å². The first-order valence-electron chi connectivity index (χ1n) is 10.2. The van der Waals surface area contributed by atoms with Crippen LogP contribution in [0, 0.1) is 10.8 Å². The predicted octanol–water partition coefficient (Wildman–Crippen LogP) is 3.98. The molecule has 0 unspecified atom stereocenters. The number of rotatable bonds is 5. The zero-order valence-electron chi connectivity index (χ0n) is 17.4. The van der Waals surface area contributed by atoms with Crippen molar-refractivity contribution in [1.29, 1.82) is 0 Å². The highest BCUT2D eigenvalue weighted by Gasteiger charge is 2.49. The summed E-state index contributed by atoms with van der Waals surface area (Å²) in [4.78, 5) is 22.1. The Morgan fingerprint density at radius 2 is 2.07 bits per heavy atom. The quantitative estimate of drug-likeness (QED) is 0.851. The van der Waals surface area contributed by atoms with E-state index in [2.05, 4.69) is 53.8 Å². The molecule has 2 fully saturated rings. The van der Waals surface area contributed by atoms with Gasteiger partial charge in [0, 0.05) is 37.9 Å². The van der Waals surface area contributed by atoms with Gasteiger partial charge in [0.1, 0.15) is 5.82 Å². The van der Waals surface area contributed by atoms with Gasteiger partial charge >= 0.3 is 0 Å². The summed E-state index contributed by atoms with van der Waals surface area (Å²) >= 11 is 0. The van der Waals surface area contributed by atoms with Crippen molar-refractivity contribution in [2.75, 3.05) is 13.7 Å². The highest BCUT2D eigenvalue weighted by atomic mass is 16.5. The lowest BCUT2D eigenvalue weighted by atomic mass is 9.65. The summed E-state index contributed by atoms with van der Waals surface area (Å²) in [6, 6.07) is 10.6. The van der Waals surface area contributed by atoms with Gasteiger partial charge in [0.25, 0.3) is 5.56 Å². The van der Waals surface area contributed by atoms with E-state index in [1.807, 2.05) is 6.07 Å². The number of likely N-dealkylation sites (tertiary alicyclic amines) is 1. The number of ether oxygens (including phenoxy) is 1. The predicted molar refractivity (Wildman–Crippen MR) is 111 cm³/mol. The van der Waals surface area contributed by atoms with Gasteiger partial charge in [0.2, 0.25) is 0 Å². The molecule has 5 nitrogen and oxygen atoms in total. The Morgan fingerprint density at radius 3 is 2.86 bits per heavy atom. The Kier molecular flexibility index (Phi) is 4.92. The number of nitrogens with one attached hydrogen (secondary N) is 1. The number of fused-ring (bicyclic) bond motifs is 2. The van der Waals surface area contributed by atoms with Gasteiger partial charge in [-0.05, 0) is 41.7 Å². The van der Waals surface area contributed by atoms with Crippen LogP contribution in [0.2, 0.25) is 0 Å². The second-order valence-corrected chi connectivity index (χ2v) is 9.84. The molecule has 28 heavy (non-hydrogen) atoms. The van der Waals surface area contributed by atoms with Crippen molar-refractivity contribution in [3.63, 3.8) is 0 Å². The van der Waals surface area contributed by atoms with Crippen LogP contribution in [0.4, 0.5) is 0 Å². The van der Waals surface area contributed by atoms with E-state index in [-0.39, 0.29) is 5.56 Å². The van der Waals surface area contributed by atoms with E-state index in [1.54, 1.807) is 7.11 Å². The average Bonchev–Trinajstić information content (AvgIpc) is 2.83. The summed E-state index contributed by atoms with van der Waals surface area (Å²) in [5, 5.41) is 0. The molecule has 4 rings (SSSR count). The largest absolute Gasteiger partial charge is 0.378 e. The first-order chi connectivity index (χ1) is 13.3. The molecule has 5 heteroatoms. The summed E-state index contributed by atoms with van der Waals surface area (Å²) in [6.07, 6.45) is 3.89. The fourth-order valence-corrected chi connectivity index (χ4v) is 5.68. The number of aromatic amines is 1. The van der Waals surface area contributed by atoms with Crippen LogP contribution in [-0.2, 0) is 17.9 Å². The molecule has 2 aliphatic rings. The monoisotopic (exact) mass is 381 g/mol. The van der Waals surface area contributed by atoms with E-state index < -0.39 is 0 Å². The Balaban J connectivity index is 1.56. The van der Waals surface area contributed by atoms with Crippen molar-refractivity contribution in [3.05, 3.63) is 51.9 Å². The zero-order valence-corrected chi connectivity index (χ0v) is 17.4. The Labute approximate surface area is 167 Å². The summed E-state index contributed by atoms with van der Waals surface area (Å²) in [5.41, 5.74) is 3.58. The van der Waals surface area contributed by atoms with Crippen LogP contribution >= 0.6 is 0 Å². The van der Waals surface area contributed by atoms with Crippen molar-refractivity contribution in [1.82, 2.24) is 14.9 Å². The second-order valence-electron chi connectivity index (χ2n) is 9.84. The average molecular weight is 382 g/mol. The minimum absolute atomic E-state index is 0.147. The number of hydrogen-bond donors (Lipinski definition) is 1. The molecule has 0 spiro atoms. The van der Waals surface area contributed by atoms with Gasteiger partial charge in [-0.15, -0.1) is 0 Å². The SMILES string of the molecule is COCc1cc(=O)[nH]c(-c2cccc(CN3C[C@]4(C)C[C@H]3CC(C)(C)C4)c2)n1. The maximum absolute atomic E-state index is 12.0. The fraction of sp³-hybridized carbons (Fsp3) is 0.565. The maximum Gasteiger partial charge on any atom is 0.251 e. The number of hydrogen-bond acceptors (Lipinski definition) is 4. The van der Waals surface area contributed by atoms with Gasteiger partial charge < -0.3 is 9.72 Å². The molecule has 1 N–H and O–H groups in total. The summed E-state index contributed by atoms with van der Waals surface area (Å²) in [6.45, 7) is 9.73. The zero-order chi connectivity index (χ0) is 19.9. The van der Waals surface area contributed by atoms with Gasteiger partial charge in [-0.1, -0.05) is 39.0 Å². The molecular formula is C23H31N3O2. The first kappa shape index (κ1) is 19.3. The molecule has 2 aromatic rings. The first-order valence-corrected chi connectivity index (χ1v) is 10.2. The van der Waals surface area contributed by atoms with Crippen LogP contribution in [0.3, 0.4) is 0 Å². The van der Waals surface area contributed by atoms with Crippen molar-refractivity contribution >= 4 is 0 Å². The summed E-state index contributed by atoms with van der Waals surface area (Å²) < 4.78 is 5.13. The number of benzene rings is 1. The van der Waals surface area contributed by atoms with Gasteiger partial charge in [-0.3, -0.25) is 9.69 Å². The van der Waals surface area contributed by atoms with Crippen LogP contribution in [0.5, 0.6) is 0 Å². The molecule has 1 aromatic heterocycles. The van der Waals surface area contributed by atoms with Gasteiger partial charge in [0.05, 0.1) is 12.3 Å². The molecular weight excluding hydrogens is 350 g/mol. The molecule has 2 heterocycles. The van der Waals surface area contributed by atoms with Crippen molar-refractivity contribution < 1.29 is 4.74 Å². The third kappa shape index (κ3) is 4.06. The normalized spacial score (nSPS) is 26.5. The lowest BCUT2D eigenvalue weighted by molar-refractivity contribution is 0.126. The second kappa shape index (κ2) is 7.12. The number of nitrogens with zero attached hydrogens (tertiary/aromatic N) is 2. The van der Waals surface area contributed by atoms with Crippen LogP contribution in [0.1, 0.15) is 51.3 Å². The van der Waals surface area contributed by atoms with E-state index >= 15 is 0 Å². The minimum atomic E-state index is -0.147. The van der Waals surface area contributed by atoms with E-state index in [9.17, 15) is 4.79 Å². The third-order valence-electron chi connectivity index (χ3n) is 6.20. The molecule has 1 aliphatic heterocycles. The lowest BCUT2D eigenvalue weighted by Gasteiger charge is -2.40. The van der Waals surface area contributed by atoms with Crippen molar-refractivity contribution in [2.24, 2.45) is 10.8 Å².